The number of aryl methyl sites for hydroxylation is 1. The summed E-state index contributed by atoms with van der Waals surface area (Å²) in [6.07, 6.45) is 1.70. The number of carbonyl (C=O) groups is 1. The standard InChI is InChI=1S/C23H20N2O3/c1-16-22(23(26)25-14-18-9-5-6-12-24-18)20-13-19(10-11-21(20)28-16)27-15-17-7-3-2-4-8-17/h2-13H,14-15H2,1H3,(H,25,26). The quantitative estimate of drug-likeness (QED) is 0.535. The lowest BCUT2D eigenvalue weighted by molar-refractivity contribution is 0.0950. The summed E-state index contributed by atoms with van der Waals surface area (Å²) in [7, 11) is 0. The van der Waals surface area contributed by atoms with Gasteiger partial charge < -0.3 is 14.5 Å². The van der Waals surface area contributed by atoms with Gasteiger partial charge in [0.2, 0.25) is 0 Å². The maximum Gasteiger partial charge on any atom is 0.255 e. The number of pyridine rings is 1. The second kappa shape index (κ2) is 7.96. The van der Waals surface area contributed by atoms with E-state index in [1.165, 1.54) is 0 Å². The second-order valence-corrected chi connectivity index (χ2v) is 6.47. The van der Waals surface area contributed by atoms with Gasteiger partial charge in [-0.15, -0.1) is 0 Å². The SMILES string of the molecule is Cc1oc2ccc(OCc3ccccc3)cc2c1C(=O)NCc1ccccn1. The minimum absolute atomic E-state index is 0.192. The first-order chi connectivity index (χ1) is 13.7. The molecule has 140 valence electrons. The number of fused-ring (bicyclic) bond motifs is 1. The van der Waals surface area contributed by atoms with Gasteiger partial charge in [0, 0.05) is 11.6 Å². The molecular weight excluding hydrogens is 352 g/mol. The Morgan fingerprint density at radius 3 is 2.68 bits per heavy atom. The Morgan fingerprint density at radius 2 is 1.89 bits per heavy atom. The number of aromatic nitrogens is 1. The van der Waals surface area contributed by atoms with Gasteiger partial charge in [-0.1, -0.05) is 36.4 Å². The highest BCUT2D eigenvalue weighted by molar-refractivity contribution is 6.07. The van der Waals surface area contributed by atoms with Crippen molar-refractivity contribution in [1.29, 1.82) is 0 Å². The van der Waals surface area contributed by atoms with E-state index < -0.39 is 0 Å². The molecule has 4 aromatic rings. The Balaban J connectivity index is 1.54. The minimum Gasteiger partial charge on any atom is -0.489 e. The largest absolute Gasteiger partial charge is 0.489 e. The first kappa shape index (κ1) is 17.8. The van der Waals surface area contributed by atoms with E-state index in [2.05, 4.69) is 10.3 Å². The molecule has 5 nitrogen and oxygen atoms in total. The number of rotatable bonds is 6. The fourth-order valence-electron chi connectivity index (χ4n) is 3.07. The van der Waals surface area contributed by atoms with E-state index in [0.717, 1.165) is 16.6 Å². The summed E-state index contributed by atoms with van der Waals surface area (Å²) in [6.45, 7) is 2.61. The van der Waals surface area contributed by atoms with Crippen LogP contribution in [0.3, 0.4) is 0 Å². The molecule has 2 aromatic carbocycles. The zero-order chi connectivity index (χ0) is 19.3. The Morgan fingerprint density at radius 1 is 1.07 bits per heavy atom. The predicted octanol–water partition coefficient (Wildman–Crippen LogP) is 4.65. The number of ether oxygens (including phenoxy) is 1. The summed E-state index contributed by atoms with van der Waals surface area (Å²) in [6, 6.07) is 21.1. The van der Waals surface area contributed by atoms with Crippen LogP contribution in [-0.2, 0) is 13.2 Å². The number of carbonyl (C=O) groups excluding carboxylic acids is 1. The van der Waals surface area contributed by atoms with Gasteiger partial charge in [-0.2, -0.15) is 0 Å². The van der Waals surface area contributed by atoms with Gasteiger partial charge >= 0.3 is 0 Å². The van der Waals surface area contributed by atoms with Crippen LogP contribution in [-0.4, -0.2) is 10.9 Å². The second-order valence-electron chi connectivity index (χ2n) is 6.47. The number of hydrogen-bond acceptors (Lipinski definition) is 4. The topological polar surface area (TPSA) is 64.4 Å². The molecular formula is C23H20N2O3. The van der Waals surface area contributed by atoms with E-state index in [1.807, 2.05) is 66.7 Å². The van der Waals surface area contributed by atoms with Gasteiger partial charge in [0.05, 0.1) is 17.8 Å². The third kappa shape index (κ3) is 3.88. The third-order valence-corrected chi connectivity index (χ3v) is 4.47. The molecule has 0 spiro atoms. The molecule has 1 amide bonds. The van der Waals surface area contributed by atoms with Crippen molar-refractivity contribution in [3.8, 4) is 5.75 Å². The van der Waals surface area contributed by atoms with Crippen LogP contribution in [0.15, 0.2) is 77.3 Å². The summed E-state index contributed by atoms with van der Waals surface area (Å²) in [5.41, 5.74) is 3.07. The fraction of sp³-hybridized carbons (Fsp3) is 0.130. The van der Waals surface area contributed by atoms with Gasteiger partial charge in [-0.05, 0) is 42.8 Å². The van der Waals surface area contributed by atoms with Crippen LogP contribution < -0.4 is 10.1 Å². The summed E-state index contributed by atoms with van der Waals surface area (Å²) >= 11 is 0. The number of nitrogens with one attached hydrogen (secondary N) is 1. The van der Waals surface area contributed by atoms with Crippen LogP contribution in [0.25, 0.3) is 11.0 Å². The van der Waals surface area contributed by atoms with Crippen molar-refractivity contribution in [3.05, 3.63) is 95.5 Å². The number of benzene rings is 2. The van der Waals surface area contributed by atoms with Crippen LogP contribution in [0.1, 0.15) is 27.4 Å². The van der Waals surface area contributed by atoms with Crippen molar-refractivity contribution in [2.45, 2.75) is 20.1 Å². The molecule has 0 saturated carbocycles. The molecule has 28 heavy (non-hydrogen) atoms. The van der Waals surface area contributed by atoms with E-state index in [9.17, 15) is 4.79 Å². The smallest absolute Gasteiger partial charge is 0.255 e. The molecule has 5 heteroatoms. The zero-order valence-corrected chi connectivity index (χ0v) is 15.5. The summed E-state index contributed by atoms with van der Waals surface area (Å²) < 4.78 is 11.6. The highest BCUT2D eigenvalue weighted by atomic mass is 16.5. The van der Waals surface area contributed by atoms with Gasteiger partial charge in [-0.3, -0.25) is 9.78 Å². The summed E-state index contributed by atoms with van der Waals surface area (Å²) in [5, 5.41) is 3.65. The Hall–Kier alpha value is -3.60. The normalized spacial score (nSPS) is 10.8. The van der Waals surface area contributed by atoms with Crippen molar-refractivity contribution in [2.75, 3.05) is 0 Å². The van der Waals surface area contributed by atoms with Crippen LogP contribution in [0.2, 0.25) is 0 Å². The predicted molar refractivity (Wildman–Crippen MR) is 107 cm³/mol. The van der Waals surface area contributed by atoms with E-state index in [-0.39, 0.29) is 5.91 Å². The van der Waals surface area contributed by atoms with Crippen LogP contribution in [0, 0.1) is 6.92 Å². The number of hydrogen-bond donors (Lipinski definition) is 1. The lowest BCUT2D eigenvalue weighted by Crippen LogP contribution is -2.23. The first-order valence-corrected chi connectivity index (χ1v) is 9.09. The average molecular weight is 372 g/mol. The molecule has 0 aliphatic heterocycles. The molecule has 0 radical (unpaired) electrons. The van der Waals surface area contributed by atoms with Crippen LogP contribution >= 0.6 is 0 Å². The molecule has 2 aromatic heterocycles. The maximum absolute atomic E-state index is 12.8. The van der Waals surface area contributed by atoms with E-state index >= 15 is 0 Å². The Bertz CT molecular complexity index is 1090. The number of nitrogens with zero attached hydrogens (tertiary/aromatic N) is 1. The van der Waals surface area contributed by atoms with Crippen LogP contribution in [0.4, 0.5) is 0 Å². The van der Waals surface area contributed by atoms with Crippen molar-refractivity contribution in [1.82, 2.24) is 10.3 Å². The Kier molecular flexibility index (Phi) is 5.06. The Labute approximate surface area is 163 Å². The summed E-state index contributed by atoms with van der Waals surface area (Å²) in [5.74, 6) is 1.08. The third-order valence-electron chi connectivity index (χ3n) is 4.47. The highest BCUT2D eigenvalue weighted by Crippen LogP contribution is 2.29. The molecule has 2 heterocycles. The van der Waals surface area contributed by atoms with Crippen molar-refractivity contribution in [3.63, 3.8) is 0 Å². The zero-order valence-electron chi connectivity index (χ0n) is 15.5. The highest BCUT2D eigenvalue weighted by Gasteiger charge is 2.18. The molecule has 0 atom stereocenters. The molecule has 0 saturated heterocycles. The monoisotopic (exact) mass is 372 g/mol. The van der Waals surface area contributed by atoms with E-state index in [4.69, 9.17) is 9.15 Å². The maximum atomic E-state index is 12.8. The van der Waals surface area contributed by atoms with Crippen molar-refractivity contribution in [2.24, 2.45) is 0 Å². The minimum atomic E-state index is -0.192. The molecule has 0 bridgehead atoms. The van der Waals surface area contributed by atoms with E-state index in [0.29, 0.717) is 35.8 Å². The van der Waals surface area contributed by atoms with Gasteiger partial charge in [-0.25, -0.2) is 0 Å². The van der Waals surface area contributed by atoms with Gasteiger partial charge in [0.15, 0.2) is 0 Å². The van der Waals surface area contributed by atoms with Crippen molar-refractivity contribution >= 4 is 16.9 Å². The molecule has 0 aliphatic carbocycles. The van der Waals surface area contributed by atoms with Crippen molar-refractivity contribution < 1.29 is 13.9 Å². The average Bonchev–Trinajstić information content (AvgIpc) is 3.07. The molecule has 4 rings (SSSR count). The number of amides is 1. The van der Waals surface area contributed by atoms with Crippen LogP contribution in [0.5, 0.6) is 5.75 Å². The summed E-state index contributed by atoms with van der Waals surface area (Å²) in [4.78, 5) is 17.0. The fourth-order valence-corrected chi connectivity index (χ4v) is 3.07. The lowest BCUT2D eigenvalue weighted by Gasteiger charge is -2.07. The van der Waals surface area contributed by atoms with Gasteiger partial charge in [0.1, 0.15) is 23.7 Å². The molecule has 1 N–H and O–H groups in total. The lowest BCUT2D eigenvalue weighted by atomic mass is 10.1. The molecule has 0 fully saturated rings. The van der Waals surface area contributed by atoms with Gasteiger partial charge in [0.25, 0.3) is 5.91 Å². The van der Waals surface area contributed by atoms with E-state index in [1.54, 1.807) is 13.1 Å². The first-order valence-electron chi connectivity index (χ1n) is 9.09. The molecule has 0 aliphatic rings. The molecule has 0 unspecified atom stereocenters. The number of furan rings is 1.